The molecule has 2 aromatic heterocycles. The average molecular weight is 611 g/mol. The highest BCUT2D eigenvalue weighted by Crippen LogP contribution is 2.44. The van der Waals surface area contributed by atoms with E-state index in [0.29, 0.717) is 0 Å². The maximum atomic E-state index is 2.44. The van der Waals surface area contributed by atoms with Gasteiger partial charge in [-0.05, 0) is 87.6 Å². The number of benzene rings is 8. The highest BCUT2D eigenvalue weighted by Gasteiger charge is 2.20. The smallest absolute Gasteiger partial charge is 0.0547 e. The molecule has 2 heteroatoms. The van der Waals surface area contributed by atoms with Crippen LogP contribution in [0.5, 0.6) is 0 Å². The second-order valence-electron chi connectivity index (χ2n) is 12.6. The van der Waals surface area contributed by atoms with Crippen LogP contribution in [0.4, 0.5) is 0 Å². The zero-order chi connectivity index (χ0) is 31.6. The van der Waals surface area contributed by atoms with Crippen LogP contribution in [0, 0.1) is 0 Å². The quantitative estimate of drug-likeness (QED) is 0.188. The van der Waals surface area contributed by atoms with Crippen LogP contribution in [0.3, 0.4) is 0 Å². The number of fused-ring (bicyclic) bond motifs is 7. The Morgan fingerprint density at radius 3 is 1.48 bits per heavy atom. The molecule has 10 aromatic rings. The van der Waals surface area contributed by atoms with Crippen molar-refractivity contribution in [2.45, 2.75) is 0 Å². The molecule has 0 saturated carbocycles. The Labute approximate surface area is 278 Å². The first-order valence-corrected chi connectivity index (χ1v) is 16.5. The summed E-state index contributed by atoms with van der Waals surface area (Å²) in [7, 11) is 0. The molecule has 0 bridgehead atoms. The molecule has 2 nitrogen and oxygen atoms in total. The van der Waals surface area contributed by atoms with E-state index < -0.39 is 0 Å². The molecule has 0 unspecified atom stereocenters. The highest BCUT2D eigenvalue weighted by molar-refractivity contribution is 6.22. The fourth-order valence-electron chi connectivity index (χ4n) is 7.81. The van der Waals surface area contributed by atoms with E-state index in [1.54, 1.807) is 0 Å². The topological polar surface area (TPSA) is 9.86 Å². The van der Waals surface area contributed by atoms with Gasteiger partial charge >= 0.3 is 0 Å². The third kappa shape index (κ3) is 4.00. The van der Waals surface area contributed by atoms with Crippen LogP contribution in [0.1, 0.15) is 0 Å². The van der Waals surface area contributed by atoms with Gasteiger partial charge in [0.15, 0.2) is 0 Å². The van der Waals surface area contributed by atoms with Crippen LogP contribution in [0.25, 0.3) is 88.0 Å². The number of para-hydroxylation sites is 3. The number of hydrogen-bond acceptors (Lipinski definition) is 0. The summed E-state index contributed by atoms with van der Waals surface area (Å²) in [5, 5.41) is 7.57. The van der Waals surface area contributed by atoms with Crippen molar-refractivity contribution in [3.8, 4) is 33.6 Å². The third-order valence-corrected chi connectivity index (χ3v) is 9.89. The Morgan fingerprint density at radius 1 is 0.292 bits per heavy atom. The Bertz CT molecular complexity index is 2830. The van der Waals surface area contributed by atoms with E-state index in [1.807, 2.05) is 0 Å². The summed E-state index contributed by atoms with van der Waals surface area (Å²) in [6.45, 7) is 0. The third-order valence-electron chi connectivity index (χ3n) is 9.89. The van der Waals surface area contributed by atoms with Gasteiger partial charge in [0.25, 0.3) is 0 Å². The van der Waals surface area contributed by atoms with E-state index in [9.17, 15) is 0 Å². The Kier molecular flexibility index (Phi) is 5.91. The van der Waals surface area contributed by atoms with E-state index in [4.69, 9.17) is 0 Å². The number of nitrogens with zero attached hydrogens (tertiary/aromatic N) is 2. The van der Waals surface area contributed by atoms with Crippen molar-refractivity contribution in [2.75, 3.05) is 0 Å². The summed E-state index contributed by atoms with van der Waals surface area (Å²) in [6.07, 6.45) is 0. The van der Waals surface area contributed by atoms with Crippen LogP contribution in [0.15, 0.2) is 182 Å². The molecule has 0 aliphatic carbocycles. The lowest BCUT2D eigenvalue weighted by molar-refractivity contribution is 1.18. The Balaban J connectivity index is 1.23. The molecule has 0 fully saturated rings. The van der Waals surface area contributed by atoms with Crippen LogP contribution >= 0.6 is 0 Å². The largest absolute Gasteiger partial charge is 0.309 e. The van der Waals surface area contributed by atoms with Gasteiger partial charge in [0.05, 0.1) is 22.1 Å². The summed E-state index contributed by atoms with van der Waals surface area (Å²) < 4.78 is 4.84. The summed E-state index contributed by atoms with van der Waals surface area (Å²) >= 11 is 0. The van der Waals surface area contributed by atoms with Gasteiger partial charge in [-0.2, -0.15) is 0 Å². The van der Waals surface area contributed by atoms with Crippen LogP contribution in [-0.4, -0.2) is 9.13 Å². The van der Waals surface area contributed by atoms with Crippen molar-refractivity contribution >= 4 is 54.4 Å². The number of hydrogen-bond donors (Lipinski definition) is 0. The minimum absolute atomic E-state index is 1.16. The maximum Gasteiger partial charge on any atom is 0.0547 e. The molecule has 8 aromatic carbocycles. The monoisotopic (exact) mass is 610 g/mol. The lowest BCUT2D eigenvalue weighted by atomic mass is 9.95. The SMILES string of the molecule is c1ccc(-n2c3ccccc3c3c(-c4cccc5c4c4ccccc4n5-c4cccc(-c5ccc6ccccc6c5)c4)cccc32)cc1. The number of aromatic nitrogens is 2. The predicted molar refractivity (Wildman–Crippen MR) is 203 cm³/mol. The molecule has 0 radical (unpaired) electrons. The lowest BCUT2D eigenvalue weighted by Gasteiger charge is -2.12. The second-order valence-corrected chi connectivity index (χ2v) is 12.6. The van der Waals surface area contributed by atoms with E-state index in [1.165, 1.54) is 82.3 Å². The minimum atomic E-state index is 1.16. The Morgan fingerprint density at radius 2 is 0.792 bits per heavy atom. The van der Waals surface area contributed by atoms with Gasteiger partial charge in [0.1, 0.15) is 0 Å². The molecule has 10 rings (SSSR count). The summed E-state index contributed by atoms with van der Waals surface area (Å²) in [6, 6.07) is 66.2. The minimum Gasteiger partial charge on any atom is -0.309 e. The van der Waals surface area contributed by atoms with Crippen LogP contribution < -0.4 is 0 Å². The molecule has 0 spiro atoms. The Hall–Kier alpha value is -6.38. The molecule has 0 N–H and O–H groups in total. The molecule has 2 heterocycles. The molecule has 0 amide bonds. The molecule has 0 atom stereocenters. The standard InChI is InChI=1S/C46H30N2/c1-2-16-35(17-3-1)47-41-23-8-6-19-39(41)45-37(21-11-25-43(45)47)38-22-12-26-44-46(38)40-20-7-9-24-42(40)48(44)36-18-10-15-33(30-36)34-28-27-31-13-4-5-14-32(31)29-34/h1-30H. The van der Waals surface area contributed by atoms with Gasteiger partial charge in [-0.1, -0.05) is 127 Å². The van der Waals surface area contributed by atoms with Crippen molar-refractivity contribution in [2.24, 2.45) is 0 Å². The van der Waals surface area contributed by atoms with Crippen molar-refractivity contribution in [3.63, 3.8) is 0 Å². The van der Waals surface area contributed by atoms with E-state index in [0.717, 1.165) is 5.69 Å². The van der Waals surface area contributed by atoms with Gasteiger partial charge in [-0.3, -0.25) is 0 Å². The van der Waals surface area contributed by atoms with Gasteiger partial charge < -0.3 is 9.13 Å². The van der Waals surface area contributed by atoms with Gasteiger partial charge in [-0.15, -0.1) is 0 Å². The van der Waals surface area contributed by atoms with E-state index in [2.05, 4.69) is 191 Å². The zero-order valence-corrected chi connectivity index (χ0v) is 26.2. The second kappa shape index (κ2) is 10.6. The van der Waals surface area contributed by atoms with Crippen LogP contribution in [-0.2, 0) is 0 Å². The first-order chi connectivity index (χ1) is 23.8. The van der Waals surface area contributed by atoms with Gasteiger partial charge in [-0.25, -0.2) is 0 Å². The van der Waals surface area contributed by atoms with Crippen molar-refractivity contribution < 1.29 is 0 Å². The first kappa shape index (κ1) is 26.8. The fraction of sp³-hybridized carbons (Fsp3) is 0. The normalized spacial score (nSPS) is 11.8. The van der Waals surface area contributed by atoms with E-state index in [-0.39, 0.29) is 0 Å². The fourth-order valence-corrected chi connectivity index (χ4v) is 7.81. The predicted octanol–water partition coefficient (Wildman–Crippen LogP) is 12.4. The van der Waals surface area contributed by atoms with Crippen molar-refractivity contribution in [1.29, 1.82) is 0 Å². The maximum absolute atomic E-state index is 2.44. The molecule has 0 aliphatic rings. The molecule has 48 heavy (non-hydrogen) atoms. The molecular formula is C46H30N2. The molecular weight excluding hydrogens is 581 g/mol. The lowest BCUT2D eigenvalue weighted by Crippen LogP contribution is -1.94. The number of rotatable bonds is 4. The van der Waals surface area contributed by atoms with Crippen LogP contribution in [0.2, 0.25) is 0 Å². The average Bonchev–Trinajstić information content (AvgIpc) is 3.68. The molecule has 0 saturated heterocycles. The van der Waals surface area contributed by atoms with Gasteiger partial charge in [0.2, 0.25) is 0 Å². The summed E-state index contributed by atoms with van der Waals surface area (Å²) in [5.41, 5.74) is 12.1. The van der Waals surface area contributed by atoms with Gasteiger partial charge in [0, 0.05) is 32.9 Å². The first-order valence-electron chi connectivity index (χ1n) is 16.5. The zero-order valence-electron chi connectivity index (χ0n) is 26.2. The molecule has 0 aliphatic heterocycles. The highest BCUT2D eigenvalue weighted by atomic mass is 15.0. The van der Waals surface area contributed by atoms with E-state index >= 15 is 0 Å². The summed E-state index contributed by atoms with van der Waals surface area (Å²) in [5.74, 6) is 0. The van der Waals surface area contributed by atoms with Crippen molar-refractivity contribution in [1.82, 2.24) is 9.13 Å². The molecule has 224 valence electrons. The van der Waals surface area contributed by atoms with Crippen molar-refractivity contribution in [3.05, 3.63) is 182 Å². The summed E-state index contributed by atoms with van der Waals surface area (Å²) in [4.78, 5) is 0.